The van der Waals surface area contributed by atoms with Crippen molar-refractivity contribution in [1.29, 1.82) is 0 Å². The van der Waals surface area contributed by atoms with Crippen LogP contribution in [0.25, 0.3) is 10.2 Å². The average molecular weight is 471 g/mol. The molecule has 0 spiro atoms. The van der Waals surface area contributed by atoms with Gasteiger partial charge in [0.25, 0.3) is 15.9 Å². The summed E-state index contributed by atoms with van der Waals surface area (Å²) in [6.07, 6.45) is 0. The van der Waals surface area contributed by atoms with Crippen molar-refractivity contribution in [3.8, 4) is 0 Å². The van der Waals surface area contributed by atoms with Gasteiger partial charge in [0.05, 0.1) is 22.5 Å². The van der Waals surface area contributed by atoms with E-state index in [1.165, 1.54) is 34.8 Å². The van der Waals surface area contributed by atoms with Gasteiger partial charge in [-0.2, -0.15) is 0 Å². The fourth-order valence-corrected chi connectivity index (χ4v) is 6.25. The summed E-state index contributed by atoms with van der Waals surface area (Å²) in [6, 6.07) is 4.71. The minimum Gasteiger partial charge on any atom is -0.459 e. The van der Waals surface area contributed by atoms with E-state index < -0.39 is 27.8 Å². The van der Waals surface area contributed by atoms with Crippen LogP contribution in [0.15, 0.2) is 27.8 Å². The molecule has 0 aliphatic rings. The number of hydrazine groups is 1. The maximum atomic E-state index is 12.9. The smallest absolute Gasteiger partial charge is 0.398 e. The van der Waals surface area contributed by atoms with Gasteiger partial charge in [0.2, 0.25) is 0 Å². The normalized spacial score (nSPS) is 11.3. The van der Waals surface area contributed by atoms with Crippen LogP contribution in [0.2, 0.25) is 0 Å². The summed E-state index contributed by atoms with van der Waals surface area (Å²) in [5, 5.41) is 1.68. The van der Waals surface area contributed by atoms with Crippen LogP contribution in [0.5, 0.6) is 0 Å². The summed E-state index contributed by atoms with van der Waals surface area (Å²) >= 11 is 2.43. The van der Waals surface area contributed by atoms with Gasteiger partial charge in [0, 0.05) is 11.9 Å². The first-order valence-corrected chi connectivity index (χ1v) is 11.7. The van der Waals surface area contributed by atoms with Crippen molar-refractivity contribution in [1.82, 2.24) is 15.8 Å². The third-order valence-corrected chi connectivity index (χ3v) is 8.21. The number of aryl methyl sites for hydroxylation is 1. The third kappa shape index (κ3) is 4.04. The molecule has 0 aliphatic heterocycles. The fraction of sp³-hybridized carbons (Fsp3) is 0.235. The number of fused-ring (bicyclic) bond motifs is 1. The molecule has 10 nitrogen and oxygen atoms in total. The van der Waals surface area contributed by atoms with Crippen LogP contribution in [-0.4, -0.2) is 44.8 Å². The molecule has 3 N–H and O–H groups in total. The molecule has 0 aliphatic carbocycles. The Morgan fingerprint density at radius 1 is 1.27 bits per heavy atom. The maximum Gasteiger partial charge on any atom is 0.398 e. The number of sulfonamides is 1. The molecule has 2 amide bonds. The molecule has 0 aromatic carbocycles. The summed E-state index contributed by atoms with van der Waals surface area (Å²) in [6.45, 7) is 3.36. The Morgan fingerprint density at radius 3 is 2.63 bits per heavy atom. The van der Waals surface area contributed by atoms with Crippen LogP contribution >= 0.6 is 22.7 Å². The predicted octanol–water partition coefficient (Wildman–Crippen LogP) is 1.75. The highest BCUT2D eigenvalue weighted by molar-refractivity contribution is 7.94. The number of esters is 1. The van der Waals surface area contributed by atoms with Gasteiger partial charge in [-0.05, 0) is 31.4 Å². The van der Waals surface area contributed by atoms with Gasteiger partial charge >= 0.3 is 11.9 Å². The molecule has 30 heavy (non-hydrogen) atoms. The minimum absolute atomic E-state index is 0.0249. The highest BCUT2D eigenvalue weighted by Gasteiger charge is 2.28. The van der Waals surface area contributed by atoms with Gasteiger partial charge in [0.15, 0.2) is 0 Å². The van der Waals surface area contributed by atoms with E-state index in [0.717, 1.165) is 16.2 Å². The number of aromatic nitrogens is 1. The van der Waals surface area contributed by atoms with Crippen molar-refractivity contribution in [2.24, 2.45) is 0 Å². The lowest BCUT2D eigenvalue weighted by molar-refractivity contribution is -0.154. The molecule has 0 fully saturated rings. The molecule has 3 rings (SSSR count). The number of nitrogens with one attached hydrogen (secondary N) is 3. The Bertz CT molecular complexity index is 1210. The number of hydrogen-bond acceptors (Lipinski definition) is 8. The number of amides is 2. The van der Waals surface area contributed by atoms with Crippen molar-refractivity contribution >= 4 is 66.4 Å². The summed E-state index contributed by atoms with van der Waals surface area (Å²) in [5.74, 6) is -2.94. The van der Waals surface area contributed by atoms with Gasteiger partial charge in [0.1, 0.15) is 9.90 Å². The predicted molar refractivity (Wildman–Crippen MR) is 113 cm³/mol. The summed E-state index contributed by atoms with van der Waals surface area (Å²) < 4.78 is 32.3. The summed E-state index contributed by atoms with van der Waals surface area (Å²) in [4.78, 5) is 38.8. The molecule has 160 valence electrons. The highest BCUT2D eigenvalue weighted by atomic mass is 32.2. The van der Waals surface area contributed by atoms with E-state index in [-0.39, 0.29) is 16.5 Å². The molecular weight excluding hydrogens is 452 g/mol. The quantitative estimate of drug-likeness (QED) is 0.295. The first kappa shape index (κ1) is 21.8. The Balaban J connectivity index is 1.84. The Kier molecular flexibility index (Phi) is 6.14. The average Bonchev–Trinajstić information content (AvgIpc) is 3.41. The number of carbonyl (C=O) groups excluding carboxylic acids is 3. The Hall–Kier alpha value is -2.90. The lowest BCUT2D eigenvalue weighted by Gasteiger charge is -2.18. The number of anilines is 1. The number of rotatable bonds is 5. The number of hydrogen-bond donors (Lipinski definition) is 3. The van der Waals surface area contributed by atoms with Gasteiger partial charge < -0.3 is 9.72 Å². The minimum atomic E-state index is -3.75. The van der Waals surface area contributed by atoms with E-state index in [1.807, 2.05) is 5.43 Å². The topological polar surface area (TPSA) is 138 Å². The van der Waals surface area contributed by atoms with E-state index >= 15 is 0 Å². The molecule has 3 aromatic rings. The second-order valence-electron chi connectivity index (χ2n) is 5.96. The number of aromatic amines is 1. The fourth-order valence-electron chi connectivity index (χ4n) is 2.68. The van der Waals surface area contributed by atoms with Crippen LogP contribution in [0, 0.1) is 6.92 Å². The molecule has 3 heterocycles. The van der Waals surface area contributed by atoms with Gasteiger partial charge in [-0.1, -0.05) is 6.07 Å². The molecule has 0 unspecified atom stereocenters. The standard InChI is InChI=1S/C17H18N4O6S3/c1-4-27-17(24)16(23)20-19-15(22)10-8-11-13(18-10)14(9(2)29-11)21(3)30(25,26)12-6-5-7-28-12/h5-8,18H,4H2,1-3H3,(H,19,22)(H,20,23). The largest absolute Gasteiger partial charge is 0.459 e. The number of H-pyrrole nitrogens is 1. The van der Waals surface area contributed by atoms with E-state index in [2.05, 4.69) is 15.1 Å². The molecule has 0 saturated heterocycles. The van der Waals surface area contributed by atoms with E-state index in [1.54, 1.807) is 25.3 Å². The van der Waals surface area contributed by atoms with Crippen LogP contribution in [0.1, 0.15) is 22.3 Å². The highest BCUT2D eigenvalue weighted by Crippen LogP contribution is 2.39. The van der Waals surface area contributed by atoms with Crippen LogP contribution < -0.4 is 15.2 Å². The number of thiophene rings is 2. The van der Waals surface area contributed by atoms with E-state index in [4.69, 9.17) is 0 Å². The SMILES string of the molecule is CCOC(=O)C(=O)NNC(=O)c1cc2sc(C)c(N(C)S(=O)(=O)c3cccs3)c2[nH]1. The van der Waals surface area contributed by atoms with Crippen molar-refractivity contribution in [2.45, 2.75) is 18.1 Å². The lowest BCUT2D eigenvalue weighted by Crippen LogP contribution is -2.45. The molecule has 3 aromatic heterocycles. The van der Waals surface area contributed by atoms with Crippen LogP contribution in [0.3, 0.4) is 0 Å². The van der Waals surface area contributed by atoms with E-state index in [9.17, 15) is 22.8 Å². The Morgan fingerprint density at radius 2 is 2.00 bits per heavy atom. The molecular formula is C17H18N4O6S3. The van der Waals surface area contributed by atoms with Crippen LogP contribution in [-0.2, 0) is 24.3 Å². The Labute approximate surface area is 179 Å². The maximum absolute atomic E-state index is 12.9. The van der Waals surface area contributed by atoms with Gasteiger partial charge in [-0.3, -0.25) is 24.7 Å². The summed E-state index contributed by atoms with van der Waals surface area (Å²) in [7, 11) is -2.30. The number of nitrogens with zero attached hydrogens (tertiary/aromatic N) is 1. The zero-order valence-corrected chi connectivity index (χ0v) is 18.6. The molecule has 0 radical (unpaired) electrons. The first-order valence-electron chi connectivity index (χ1n) is 8.58. The van der Waals surface area contributed by atoms with Crippen molar-refractivity contribution < 1.29 is 27.5 Å². The second-order valence-corrected chi connectivity index (χ2v) is 10.4. The van der Waals surface area contributed by atoms with Crippen molar-refractivity contribution in [3.05, 3.63) is 34.2 Å². The van der Waals surface area contributed by atoms with Gasteiger partial charge in [-0.25, -0.2) is 13.2 Å². The second kappa shape index (κ2) is 8.45. The first-order chi connectivity index (χ1) is 14.2. The molecule has 0 bridgehead atoms. The molecule has 13 heteroatoms. The zero-order chi connectivity index (χ0) is 22.1. The molecule has 0 saturated carbocycles. The van der Waals surface area contributed by atoms with E-state index in [0.29, 0.717) is 15.9 Å². The zero-order valence-electron chi connectivity index (χ0n) is 16.1. The lowest BCUT2D eigenvalue weighted by atomic mass is 10.3. The van der Waals surface area contributed by atoms with Crippen molar-refractivity contribution in [2.75, 3.05) is 18.0 Å². The molecule has 0 atom stereocenters. The number of carbonyl (C=O) groups is 3. The van der Waals surface area contributed by atoms with Gasteiger partial charge in [-0.15, -0.1) is 22.7 Å². The third-order valence-electron chi connectivity index (χ3n) is 4.03. The number of ether oxygens (including phenoxy) is 1. The van der Waals surface area contributed by atoms with Crippen LogP contribution in [0.4, 0.5) is 5.69 Å². The van der Waals surface area contributed by atoms with Crippen molar-refractivity contribution in [3.63, 3.8) is 0 Å². The monoisotopic (exact) mass is 470 g/mol. The summed E-state index contributed by atoms with van der Waals surface area (Å²) in [5.41, 5.74) is 5.06.